The molecule has 2 N–H and O–H groups in total. The standard InChI is InChI=1S/2C5H13N.CH4.2B/c1-5(2,3)6-4;1-4-6-5(2)3;;;/h6H,1-4H3;5-6H,4H2,1-3H3;1H4;;. The van der Waals surface area contributed by atoms with E-state index in [1.54, 1.807) is 0 Å². The molecular weight excluding hydrogens is 182 g/mol. The highest BCUT2D eigenvalue weighted by Gasteiger charge is 2.01. The Kier molecular flexibility index (Phi) is 32.3. The van der Waals surface area contributed by atoms with Gasteiger partial charge in [0.05, 0.1) is 0 Å². The van der Waals surface area contributed by atoms with Crippen molar-refractivity contribution in [3.63, 3.8) is 0 Å². The first-order chi connectivity index (χ1) is 5.33. The quantitative estimate of drug-likeness (QED) is 0.683. The van der Waals surface area contributed by atoms with E-state index in [-0.39, 0.29) is 24.3 Å². The zero-order valence-electron chi connectivity index (χ0n) is 10.9. The number of hydrogen-bond donors (Lipinski definition) is 2. The lowest BCUT2D eigenvalue weighted by molar-refractivity contribution is 0.469. The normalized spacial score (nSPS) is 8.80. The fourth-order valence-electron chi connectivity index (χ4n) is 0.408. The Bertz CT molecular complexity index is 91.1. The molecular formula is C11H30B2N2. The van der Waals surface area contributed by atoms with Gasteiger partial charge in [-0.2, -0.15) is 0 Å². The Morgan fingerprint density at radius 1 is 1.07 bits per heavy atom. The van der Waals surface area contributed by atoms with Crippen LogP contribution < -0.4 is 10.6 Å². The SMILES string of the molecule is C.CCNC(C)C.CNC(C)(C)C.[B].[B]. The maximum Gasteiger partial charge on any atom is 0.00935 e. The second-order valence-corrected chi connectivity index (χ2v) is 4.21. The molecule has 0 heterocycles. The Morgan fingerprint density at radius 2 is 1.33 bits per heavy atom. The lowest BCUT2D eigenvalue weighted by Gasteiger charge is -2.15. The van der Waals surface area contributed by atoms with Gasteiger partial charge in [0, 0.05) is 28.4 Å². The average molecular weight is 212 g/mol. The second-order valence-electron chi connectivity index (χ2n) is 4.21. The summed E-state index contributed by atoms with van der Waals surface area (Å²) in [6.45, 7) is 13.9. The maximum atomic E-state index is 3.21. The first-order valence-corrected chi connectivity index (χ1v) is 4.75. The van der Waals surface area contributed by atoms with Crippen molar-refractivity contribution in [1.29, 1.82) is 0 Å². The molecule has 0 aliphatic heterocycles. The third-order valence-electron chi connectivity index (χ3n) is 1.36. The molecule has 0 aliphatic carbocycles. The summed E-state index contributed by atoms with van der Waals surface area (Å²) in [6, 6.07) is 0.648. The molecule has 0 bridgehead atoms. The van der Waals surface area contributed by atoms with Gasteiger partial charge in [-0.3, -0.25) is 0 Å². The fraction of sp³-hybridized carbons (Fsp3) is 1.00. The summed E-state index contributed by atoms with van der Waals surface area (Å²) in [5, 5.41) is 6.31. The summed E-state index contributed by atoms with van der Waals surface area (Å²) in [6.07, 6.45) is 0. The van der Waals surface area contributed by atoms with E-state index in [0.717, 1.165) is 6.54 Å². The van der Waals surface area contributed by atoms with Gasteiger partial charge in [0.1, 0.15) is 0 Å². The molecule has 0 saturated carbocycles. The molecule has 0 aliphatic rings. The average Bonchev–Trinajstić information content (AvgIpc) is 1.87. The van der Waals surface area contributed by atoms with Crippen LogP contribution in [0.25, 0.3) is 0 Å². The summed E-state index contributed by atoms with van der Waals surface area (Å²) >= 11 is 0. The summed E-state index contributed by atoms with van der Waals surface area (Å²) in [4.78, 5) is 0. The molecule has 0 saturated heterocycles. The fourth-order valence-corrected chi connectivity index (χ4v) is 0.408. The third-order valence-corrected chi connectivity index (χ3v) is 1.36. The van der Waals surface area contributed by atoms with E-state index in [1.807, 2.05) is 7.05 Å². The van der Waals surface area contributed by atoms with E-state index in [1.165, 1.54) is 0 Å². The van der Waals surface area contributed by atoms with Crippen LogP contribution in [-0.2, 0) is 0 Å². The first kappa shape index (κ1) is 29.4. The molecule has 0 aromatic carbocycles. The van der Waals surface area contributed by atoms with Gasteiger partial charge in [-0.1, -0.05) is 28.2 Å². The van der Waals surface area contributed by atoms with Crippen molar-refractivity contribution >= 4 is 16.8 Å². The molecule has 15 heavy (non-hydrogen) atoms. The molecule has 0 amide bonds. The highest BCUT2D eigenvalue weighted by atomic mass is 14.9. The van der Waals surface area contributed by atoms with Crippen molar-refractivity contribution in [1.82, 2.24) is 10.6 Å². The molecule has 0 aromatic heterocycles. The smallest absolute Gasteiger partial charge is 0.00935 e. The van der Waals surface area contributed by atoms with E-state index in [0.29, 0.717) is 11.6 Å². The zero-order chi connectivity index (χ0) is 10.2. The molecule has 0 atom stereocenters. The number of nitrogens with one attached hydrogen (secondary N) is 2. The monoisotopic (exact) mass is 212 g/mol. The molecule has 2 nitrogen and oxygen atoms in total. The van der Waals surface area contributed by atoms with Crippen LogP contribution in [-0.4, -0.2) is 42.0 Å². The van der Waals surface area contributed by atoms with Crippen LogP contribution in [0.15, 0.2) is 0 Å². The van der Waals surface area contributed by atoms with Crippen LogP contribution in [0.3, 0.4) is 0 Å². The van der Waals surface area contributed by atoms with Crippen LogP contribution in [0.1, 0.15) is 49.0 Å². The van der Waals surface area contributed by atoms with Crippen LogP contribution >= 0.6 is 0 Å². The van der Waals surface area contributed by atoms with Crippen LogP contribution in [0.4, 0.5) is 0 Å². The lowest BCUT2D eigenvalue weighted by atomic mass is 10.1. The van der Waals surface area contributed by atoms with Crippen LogP contribution in [0.2, 0.25) is 0 Å². The Labute approximate surface area is 102 Å². The summed E-state index contributed by atoms with van der Waals surface area (Å²) in [5.41, 5.74) is 0.292. The van der Waals surface area contributed by atoms with E-state index in [2.05, 4.69) is 52.2 Å². The molecule has 4 heteroatoms. The van der Waals surface area contributed by atoms with Gasteiger partial charge in [0.15, 0.2) is 0 Å². The van der Waals surface area contributed by atoms with Gasteiger partial charge < -0.3 is 10.6 Å². The largest absolute Gasteiger partial charge is 0.315 e. The van der Waals surface area contributed by atoms with Gasteiger partial charge in [-0.25, -0.2) is 0 Å². The second kappa shape index (κ2) is 16.5. The molecule has 0 spiro atoms. The summed E-state index contributed by atoms with van der Waals surface area (Å²) in [7, 11) is 1.96. The van der Waals surface area contributed by atoms with E-state index >= 15 is 0 Å². The Morgan fingerprint density at radius 3 is 1.33 bits per heavy atom. The van der Waals surface area contributed by atoms with Crippen molar-refractivity contribution in [2.75, 3.05) is 13.6 Å². The molecule has 6 radical (unpaired) electrons. The van der Waals surface area contributed by atoms with E-state index in [9.17, 15) is 0 Å². The van der Waals surface area contributed by atoms with Crippen molar-refractivity contribution in [2.45, 2.75) is 60.5 Å². The topological polar surface area (TPSA) is 24.1 Å². The predicted octanol–water partition coefficient (Wildman–Crippen LogP) is 1.88. The van der Waals surface area contributed by atoms with Gasteiger partial charge in [0.25, 0.3) is 0 Å². The van der Waals surface area contributed by atoms with Crippen molar-refractivity contribution in [3.05, 3.63) is 0 Å². The minimum atomic E-state index is 0. The first-order valence-electron chi connectivity index (χ1n) is 4.75. The van der Waals surface area contributed by atoms with Crippen molar-refractivity contribution < 1.29 is 0 Å². The predicted molar refractivity (Wildman–Crippen MR) is 75.9 cm³/mol. The molecule has 0 rings (SSSR count). The Balaban J connectivity index is -0.0000000370. The molecule has 0 fully saturated rings. The van der Waals surface area contributed by atoms with Crippen molar-refractivity contribution in [2.24, 2.45) is 0 Å². The summed E-state index contributed by atoms with van der Waals surface area (Å²) in [5.74, 6) is 0. The van der Waals surface area contributed by atoms with Gasteiger partial charge in [-0.15, -0.1) is 0 Å². The van der Waals surface area contributed by atoms with Crippen LogP contribution in [0, 0.1) is 0 Å². The molecule has 0 aromatic rings. The molecule has 0 unspecified atom stereocenters. The van der Waals surface area contributed by atoms with Gasteiger partial charge in [0.2, 0.25) is 0 Å². The minimum absolute atomic E-state index is 0. The maximum absolute atomic E-state index is 3.21. The van der Waals surface area contributed by atoms with Crippen LogP contribution in [0.5, 0.6) is 0 Å². The highest BCUT2D eigenvalue weighted by Crippen LogP contribution is 1.93. The number of rotatable bonds is 2. The van der Waals surface area contributed by atoms with Crippen molar-refractivity contribution in [3.8, 4) is 0 Å². The zero-order valence-corrected chi connectivity index (χ0v) is 10.9. The molecule has 90 valence electrons. The highest BCUT2D eigenvalue weighted by molar-refractivity contribution is 5.76. The minimum Gasteiger partial charge on any atom is -0.315 e. The summed E-state index contributed by atoms with van der Waals surface area (Å²) < 4.78 is 0. The van der Waals surface area contributed by atoms with Gasteiger partial charge >= 0.3 is 0 Å². The van der Waals surface area contributed by atoms with Gasteiger partial charge in [-0.05, 0) is 34.4 Å². The van der Waals surface area contributed by atoms with E-state index < -0.39 is 0 Å². The number of hydrogen-bond acceptors (Lipinski definition) is 2. The van der Waals surface area contributed by atoms with E-state index in [4.69, 9.17) is 0 Å². The Hall–Kier alpha value is 0.0499. The lowest BCUT2D eigenvalue weighted by Crippen LogP contribution is -2.31. The third kappa shape index (κ3) is 55.7.